The minimum Gasteiger partial charge on any atom is -0.140 e. The fourth-order valence-electron chi connectivity index (χ4n) is 0.173. The third-order valence-electron chi connectivity index (χ3n) is 0.523. The van der Waals surface area contributed by atoms with Gasteiger partial charge in [-0.05, 0) is 6.16 Å². The van der Waals surface area contributed by atoms with Gasteiger partial charge in [0.15, 0.2) is 0 Å². The summed E-state index contributed by atoms with van der Waals surface area (Å²) in [6.07, 6.45) is 1.57. The molecule has 1 aliphatic rings. The Kier molecular flexibility index (Phi) is 1.48. The topological polar surface area (TPSA) is 0 Å². The summed E-state index contributed by atoms with van der Waals surface area (Å²) in [7, 11) is 0. The molecule has 0 nitrogen and oxygen atoms in total. The van der Waals surface area contributed by atoms with Crippen molar-refractivity contribution in [3.8, 4) is 0 Å². The Labute approximate surface area is 42.4 Å². The molecule has 0 spiro atoms. The van der Waals surface area contributed by atoms with Crippen LogP contribution in [-0.4, -0.2) is 11.9 Å². The van der Waals surface area contributed by atoms with E-state index in [0.717, 1.165) is 0 Å². The highest BCUT2D eigenvalue weighted by Crippen LogP contribution is 2.62. The molecule has 0 aromatic carbocycles. The predicted octanol–water partition coefficient (Wildman–Crippen LogP) is 1.97. The van der Waals surface area contributed by atoms with Crippen molar-refractivity contribution >= 4 is 30.0 Å². The van der Waals surface area contributed by atoms with Crippen molar-refractivity contribution in [1.29, 1.82) is 0 Å². The van der Waals surface area contributed by atoms with Gasteiger partial charge in [0.2, 0.25) is 0 Å². The van der Waals surface area contributed by atoms with Gasteiger partial charge in [-0.2, -0.15) is 0 Å². The molecule has 1 saturated heterocycles. The van der Waals surface area contributed by atoms with Gasteiger partial charge in [-0.25, -0.2) is 0 Å². The second kappa shape index (κ2) is 1.72. The highest BCUT2D eigenvalue weighted by Gasteiger charge is 2.11. The van der Waals surface area contributed by atoms with Crippen molar-refractivity contribution in [2.75, 3.05) is 11.9 Å². The van der Waals surface area contributed by atoms with E-state index in [1.807, 2.05) is 11.4 Å². The van der Waals surface area contributed by atoms with Crippen molar-refractivity contribution in [1.82, 2.24) is 0 Å². The lowest BCUT2D eigenvalue weighted by Gasteiger charge is -2.17. The van der Waals surface area contributed by atoms with Gasteiger partial charge >= 0.3 is 0 Å². The highest BCUT2D eigenvalue weighted by molar-refractivity contribution is 8.85. The predicted molar refractivity (Wildman–Crippen MR) is 33.2 cm³/mol. The van der Waals surface area contributed by atoms with Gasteiger partial charge in [-0.1, -0.05) is 0 Å². The Hall–Kier alpha value is 1.13. The van der Waals surface area contributed by atoms with Crippen LogP contribution in [0.4, 0.5) is 0 Å². The molecule has 0 aromatic rings. The first-order valence-electron chi connectivity index (χ1n) is 1.49. The molecule has 5 heavy (non-hydrogen) atoms. The van der Waals surface area contributed by atoms with Crippen LogP contribution in [0.3, 0.4) is 0 Å². The maximum absolute atomic E-state index is 4.21. The van der Waals surface area contributed by atoms with Crippen molar-refractivity contribution in [2.24, 2.45) is 0 Å². The van der Waals surface area contributed by atoms with E-state index in [2.05, 4.69) is 12.2 Å². The molecule has 1 heterocycles. The summed E-state index contributed by atoms with van der Waals surface area (Å²) in [6.45, 7) is 0. The van der Waals surface area contributed by atoms with Crippen LogP contribution in [0.25, 0.3) is 0 Å². The maximum atomic E-state index is 4.21. The summed E-state index contributed by atoms with van der Waals surface area (Å²) < 4.78 is 0. The van der Waals surface area contributed by atoms with E-state index in [0.29, 0.717) is 0 Å². The van der Waals surface area contributed by atoms with E-state index >= 15 is 0 Å². The Balaban J connectivity index is 2.08. The zero-order valence-electron chi connectivity index (χ0n) is 2.72. The third kappa shape index (κ3) is 0.989. The molecule has 0 aliphatic carbocycles. The van der Waals surface area contributed by atoms with Crippen molar-refractivity contribution < 1.29 is 0 Å². The first-order chi connectivity index (χ1) is 2.39. The molecule has 0 aromatic heterocycles. The lowest BCUT2D eigenvalue weighted by atomic mass is 11.0. The minimum atomic E-state index is 0.193. The Bertz CT molecular complexity index is 34.6. The Morgan fingerprint density at radius 3 is 2.20 bits per heavy atom. The molecular formula is C2H5PS2. The largest absolute Gasteiger partial charge is 0.140 e. The first kappa shape index (κ1) is 4.29. The van der Waals surface area contributed by atoms with E-state index in [1.165, 1.54) is 11.9 Å². The average Bonchev–Trinajstić information content (AvgIpc) is 1.30. The average molecular weight is 124 g/mol. The molecule has 1 aliphatic heterocycles. The first-order valence-corrected chi connectivity index (χ1v) is 5.76. The summed E-state index contributed by atoms with van der Waals surface area (Å²) in [5.41, 5.74) is 0. The van der Waals surface area contributed by atoms with Crippen LogP contribution in [0.2, 0.25) is 0 Å². The van der Waals surface area contributed by atoms with Gasteiger partial charge in [0.1, 0.15) is 0 Å². The smallest absolute Gasteiger partial charge is 0.00980 e. The van der Waals surface area contributed by atoms with Gasteiger partial charge in [0, 0.05) is 12.1 Å². The van der Waals surface area contributed by atoms with E-state index in [4.69, 9.17) is 0 Å². The molecule has 1 rings (SSSR count). The molecule has 0 bridgehead atoms. The minimum absolute atomic E-state index is 0.193. The fourth-order valence-corrected chi connectivity index (χ4v) is 3.03. The summed E-state index contributed by atoms with van der Waals surface area (Å²) >= 11 is 6.20. The molecule has 0 radical (unpaired) electrons. The van der Waals surface area contributed by atoms with Gasteiger partial charge in [-0.15, -0.1) is 23.6 Å². The normalized spacial score (nSPS) is 36.6. The van der Waals surface area contributed by atoms with Crippen LogP contribution >= 0.6 is 30.0 Å². The Morgan fingerprint density at radius 1 is 1.80 bits per heavy atom. The molecule has 3 heteroatoms. The second-order valence-electron chi connectivity index (χ2n) is 0.909. The van der Waals surface area contributed by atoms with Crippen LogP contribution in [-0.2, 0) is 0 Å². The lowest BCUT2D eigenvalue weighted by molar-refractivity contribution is 1.54. The van der Waals surface area contributed by atoms with Crippen molar-refractivity contribution in [2.45, 2.75) is 0 Å². The molecule has 1 fully saturated rings. The molecule has 1 atom stereocenters. The number of thiol groups is 1. The zero-order valence-corrected chi connectivity index (χ0v) is 5.32. The van der Waals surface area contributed by atoms with Crippen LogP contribution in [0.5, 0.6) is 0 Å². The zero-order chi connectivity index (χ0) is 3.70. The van der Waals surface area contributed by atoms with Gasteiger partial charge < -0.3 is 0 Å². The van der Waals surface area contributed by atoms with Crippen molar-refractivity contribution in [3.05, 3.63) is 0 Å². The number of hydrogen-bond donors (Lipinski definition) is 1. The SMILES string of the molecule is SP1CCS1. The van der Waals surface area contributed by atoms with Crippen LogP contribution in [0.15, 0.2) is 0 Å². The van der Waals surface area contributed by atoms with E-state index < -0.39 is 0 Å². The van der Waals surface area contributed by atoms with Crippen molar-refractivity contribution in [3.63, 3.8) is 0 Å². The van der Waals surface area contributed by atoms with E-state index in [9.17, 15) is 0 Å². The number of rotatable bonds is 0. The second-order valence-corrected chi connectivity index (χ2v) is 7.08. The molecule has 0 saturated carbocycles. The maximum Gasteiger partial charge on any atom is 0.00980 e. The van der Waals surface area contributed by atoms with E-state index in [1.54, 1.807) is 0 Å². The van der Waals surface area contributed by atoms with Crippen LogP contribution in [0.1, 0.15) is 0 Å². The Morgan fingerprint density at radius 2 is 2.20 bits per heavy atom. The van der Waals surface area contributed by atoms with Crippen LogP contribution < -0.4 is 0 Å². The summed E-state index contributed by atoms with van der Waals surface area (Å²) in [6, 6.07) is 0. The molecule has 1 unspecified atom stereocenters. The quantitative estimate of drug-likeness (QED) is 0.380. The fraction of sp³-hybridized carbons (Fsp3) is 1.00. The summed E-state index contributed by atoms with van der Waals surface area (Å²) in [4.78, 5) is 0. The highest BCUT2D eigenvalue weighted by atomic mass is 33.1. The molecule has 0 N–H and O–H groups in total. The van der Waals surface area contributed by atoms with Gasteiger partial charge in [0.05, 0.1) is 0 Å². The standard InChI is InChI=1S/C2H5PS2/c4-3-1-2-5-3/h4H,1-2H2. The third-order valence-corrected chi connectivity index (χ3v) is 5.75. The molecule has 30 valence electrons. The number of hydrogen-bond acceptors (Lipinski definition) is 2. The molecule has 0 amide bonds. The molecular weight excluding hydrogens is 119 g/mol. The van der Waals surface area contributed by atoms with Gasteiger partial charge in [0.25, 0.3) is 0 Å². The summed E-state index contributed by atoms with van der Waals surface area (Å²) in [5, 5.41) is 0. The van der Waals surface area contributed by atoms with Crippen LogP contribution in [0, 0.1) is 0 Å². The van der Waals surface area contributed by atoms with E-state index in [-0.39, 0.29) is 6.33 Å². The van der Waals surface area contributed by atoms with Gasteiger partial charge in [-0.3, -0.25) is 0 Å². The lowest BCUT2D eigenvalue weighted by Crippen LogP contribution is -1.89. The summed E-state index contributed by atoms with van der Waals surface area (Å²) in [5.74, 6) is 1.36. The monoisotopic (exact) mass is 124 g/mol.